The van der Waals surface area contributed by atoms with E-state index < -0.39 is 11.5 Å². The maximum absolute atomic E-state index is 13.2. The van der Waals surface area contributed by atoms with Crippen LogP contribution < -0.4 is 15.6 Å². The van der Waals surface area contributed by atoms with Gasteiger partial charge in [0.05, 0.1) is 12.8 Å². The number of nitrogens with one attached hydrogen (secondary N) is 1. The van der Waals surface area contributed by atoms with Gasteiger partial charge in [0.1, 0.15) is 34.4 Å². The molecule has 4 rings (SSSR count). The molecule has 0 aliphatic rings. The number of amides is 1. The van der Waals surface area contributed by atoms with Crippen LogP contribution in [0.2, 0.25) is 0 Å². The van der Waals surface area contributed by atoms with Crippen LogP contribution in [0.4, 0.5) is 0 Å². The van der Waals surface area contributed by atoms with Gasteiger partial charge in [-0.1, -0.05) is 25.1 Å². The smallest absolute Gasteiger partial charge is 0.269 e. The average molecular weight is 440 g/mol. The molecule has 164 valence electrons. The fourth-order valence-corrected chi connectivity index (χ4v) is 3.16. The van der Waals surface area contributed by atoms with Crippen LogP contribution in [0.5, 0.6) is 11.6 Å². The van der Waals surface area contributed by atoms with Crippen molar-refractivity contribution in [2.24, 2.45) is 0 Å². The molecule has 0 saturated heterocycles. The summed E-state index contributed by atoms with van der Waals surface area (Å²) in [4.78, 5) is 30.2. The lowest BCUT2D eigenvalue weighted by molar-refractivity contribution is -0.117. The van der Waals surface area contributed by atoms with E-state index in [1.165, 1.54) is 16.7 Å². The third-order valence-electron chi connectivity index (χ3n) is 4.94. The van der Waals surface area contributed by atoms with E-state index in [0.717, 1.165) is 12.0 Å². The Bertz CT molecular complexity index is 1410. The molecule has 3 aromatic heterocycles. The first-order chi connectivity index (χ1) is 16.1. The number of hydrogen-bond acceptors (Lipinski definition) is 6. The summed E-state index contributed by atoms with van der Waals surface area (Å²) in [5.41, 5.74) is 0.771. The van der Waals surface area contributed by atoms with E-state index in [0.29, 0.717) is 17.2 Å². The van der Waals surface area contributed by atoms with Crippen molar-refractivity contribution in [3.05, 3.63) is 99.9 Å². The van der Waals surface area contributed by atoms with Crippen LogP contribution in [-0.4, -0.2) is 15.3 Å². The lowest BCUT2D eigenvalue weighted by atomic mass is 10.1. The van der Waals surface area contributed by atoms with Gasteiger partial charge in [-0.2, -0.15) is 10.2 Å². The summed E-state index contributed by atoms with van der Waals surface area (Å²) in [7, 11) is 0. The summed E-state index contributed by atoms with van der Waals surface area (Å²) in [5.74, 6) is 0.370. The highest BCUT2D eigenvalue weighted by atomic mass is 16.5. The second kappa shape index (κ2) is 9.66. The van der Waals surface area contributed by atoms with Gasteiger partial charge in [-0.15, -0.1) is 0 Å². The quantitative estimate of drug-likeness (QED) is 0.345. The van der Waals surface area contributed by atoms with Gasteiger partial charge in [0, 0.05) is 6.20 Å². The number of nitriles is 1. The maximum Gasteiger partial charge on any atom is 0.269 e. The van der Waals surface area contributed by atoms with Crippen molar-refractivity contribution in [2.75, 3.05) is 0 Å². The highest BCUT2D eigenvalue weighted by Crippen LogP contribution is 2.24. The van der Waals surface area contributed by atoms with Crippen molar-refractivity contribution in [1.82, 2.24) is 14.7 Å². The largest absolute Gasteiger partial charge is 0.467 e. The van der Waals surface area contributed by atoms with Gasteiger partial charge in [0.15, 0.2) is 0 Å². The number of benzene rings is 1. The Kier molecular flexibility index (Phi) is 6.32. The molecule has 8 heteroatoms. The van der Waals surface area contributed by atoms with E-state index >= 15 is 0 Å². The monoisotopic (exact) mass is 440 g/mol. The van der Waals surface area contributed by atoms with Crippen molar-refractivity contribution < 1.29 is 13.9 Å². The topological polar surface area (TPSA) is 110 Å². The summed E-state index contributed by atoms with van der Waals surface area (Å²) in [5, 5.41) is 12.2. The fraction of sp³-hybridized carbons (Fsp3) is 0.120. The minimum Gasteiger partial charge on any atom is -0.467 e. The number of furan rings is 1. The highest BCUT2D eigenvalue weighted by Gasteiger charge is 2.17. The molecule has 3 heterocycles. The zero-order chi connectivity index (χ0) is 23.2. The van der Waals surface area contributed by atoms with Crippen LogP contribution in [-0.2, 0) is 17.8 Å². The number of rotatable bonds is 7. The van der Waals surface area contributed by atoms with E-state index in [2.05, 4.69) is 10.3 Å². The third kappa shape index (κ3) is 4.83. The van der Waals surface area contributed by atoms with E-state index in [1.54, 1.807) is 48.7 Å². The van der Waals surface area contributed by atoms with Gasteiger partial charge in [-0.3, -0.25) is 14.0 Å². The Balaban J connectivity index is 1.74. The van der Waals surface area contributed by atoms with E-state index in [-0.39, 0.29) is 23.6 Å². The molecule has 8 nitrogen and oxygen atoms in total. The number of aryl methyl sites for hydroxylation is 1. The van der Waals surface area contributed by atoms with Crippen LogP contribution in [0.25, 0.3) is 11.7 Å². The fourth-order valence-electron chi connectivity index (χ4n) is 3.16. The minimum atomic E-state index is -0.648. The van der Waals surface area contributed by atoms with Crippen LogP contribution in [0.1, 0.15) is 23.8 Å². The predicted octanol–water partition coefficient (Wildman–Crippen LogP) is 3.87. The molecule has 1 N–H and O–H groups in total. The molecular formula is C25H20N4O4. The van der Waals surface area contributed by atoms with Crippen LogP contribution >= 0.6 is 0 Å². The SMILES string of the molecule is CCc1ccc(Oc2nc3ccccn3c(=O)c2C=C(C#N)C(=O)NCc2ccco2)cc1. The number of ether oxygens (including phenoxy) is 1. The molecule has 0 aliphatic heterocycles. The van der Waals surface area contributed by atoms with E-state index in [9.17, 15) is 14.9 Å². The summed E-state index contributed by atoms with van der Waals surface area (Å²) in [6.07, 6.45) is 5.12. The number of aromatic nitrogens is 2. The van der Waals surface area contributed by atoms with Crippen molar-refractivity contribution in [1.29, 1.82) is 5.26 Å². The summed E-state index contributed by atoms with van der Waals surface area (Å²) in [6.45, 7) is 2.15. The molecule has 1 amide bonds. The number of hydrogen-bond donors (Lipinski definition) is 1. The normalized spacial score (nSPS) is 11.2. The Morgan fingerprint density at radius 1 is 1.21 bits per heavy atom. The van der Waals surface area contributed by atoms with Gasteiger partial charge in [-0.25, -0.2) is 0 Å². The number of carbonyl (C=O) groups excluding carboxylic acids is 1. The molecule has 0 unspecified atom stereocenters. The van der Waals surface area contributed by atoms with Gasteiger partial charge >= 0.3 is 0 Å². The second-order valence-electron chi connectivity index (χ2n) is 7.10. The van der Waals surface area contributed by atoms with Crippen molar-refractivity contribution in [2.45, 2.75) is 19.9 Å². The number of pyridine rings is 1. The van der Waals surface area contributed by atoms with Gasteiger partial charge in [-0.05, 0) is 54.5 Å². The number of nitrogens with zero attached hydrogens (tertiary/aromatic N) is 3. The van der Waals surface area contributed by atoms with E-state index in [4.69, 9.17) is 9.15 Å². The maximum atomic E-state index is 13.2. The average Bonchev–Trinajstić information content (AvgIpc) is 3.37. The first-order valence-corrected chi connectivity index (χ1v) is 10.3. The zero-order valence-electron chi connectivity index (χ0n) is 17.8. The van der Waals surface area contributed by atoms with Gasteiger partial charge in [0.2, 0.25) is 5.88 Å². The summed E-state index contributed by atoms with van der Waals surface area (Å²) >= 11 is 0. The lowest BCUT2D eigenvalue weighted by Gasteiger charge is -2.11. The number of carbonyl (C=O) groups is 1. The Hall–Kier alpha value is -4.64. The lowest BCUT2D eigenvalue weighted by Crippen LogP contribution is -2.24. The van der Waals surface area contributed by atoms with E-state index in [1.807, 2.05) is 25.1 Å². The van der Waals surface area contributed by atoms with Crippen LogP contribution in [0.15, 0.2) is 81.8 Å². The first-order valence-electron chi connectivity index (χ1n) is 10.3. The standard InChI is InChI=1S/C25H20N4O4/c1-2-17-8-10-19(11-9-17)33-24-21(25(31)29-12-4-3-7-22(29)28-24)14-18(15-26)23(30)27-16-20-6-5-13-32-20/h3-14H,2,16H2,1H3,(H,27,30). The molecule has 33 heavy (non-hydrogen) atoms. The van der Waals surface area contributed by atoms with Crippen LogP contribution in [0.3, 0.4) is 0 Å². The van der Waals surface area contributed by atoms with Crippen molar-refractivity contribution >= 4 is 17.6 Å². The molecule has 1 aromatic carbocycles. The molecule has 0 radical (unpaired) electrons. The zero-order valence-corrected chi connectivity index (χ0v) is 17.8. The molecular weight excluding hydrogens is 420 g/mol. The molecule has 0 saturated carbocycles. The predicted molar refractivity (Wildman–Crippen MR) is 122 cm³/mol. The molecule has 4 aromatic rings. The number of fused-ring (bicyclic) bond motifs is 1. The molecule has 0 spiro atoms. The van der Waals surface area contributed by atoms with Gasteiger partial charge < -0.3 is 14.5 Å². The summed E-state index contributed by atoms with van der Waals surface area (Å²) in [6, 6.07) is 17.7. The van der Waals surface area contributed by atoms with Crippen LogP contribution in [0, 0.1) is 11.3 Å². The molecule has 0 atom stereocenters. The Morgan fingerprint density at radius 2 is 2.03 bits per heavy atom. The second-order valence-corrected chi connectivity index (χ2v) is 7.10. The first kappa shape index (κ1) is 21.6. The van der Waals surface area contributed by atoms with Crippen molar-refractivity contribution in [3.8, 4) is 17.7 Å². The van der Waals surface area contributed by atoms with Crippen molar-refractivity contribution in [3.63, 3.8) is 0 Å². The molecule has 0 bridgehead atoms. The molecule has 0 aliphatic carbocycles. The Labute approximate surface area is 189 Å². The Morgan fingerprint density at radius 3 is 2.73 bits per heavy atom. The highest BCUT2D eigenvalue weighted by molar-refractivity contribution is 6.01. The third-order valence-corrected chi connectivity index (χ3v) is 4.94. The minimum absolute atomic E-state index is 0.00188. The van der Waals surface area contributed by atoms with Gasteiger partial charge in [0.25, 0.3) is 11.5 Å². The summed E-state index contributed by atoms with van der Waals surface area (Å²) < 4.78 is 12.4. The molecule has 0 fully saturated rings.